The fourth-order valence-corrected chi connectivity index (χ4v) is 2.10. The molecule has 2 aromatic carbocycles. The van der Waals surface area contributed by atoms with Gasteiger partial charge in [0.05, 0.1) is 0 Å². The Morgan fingerprint density at radius 1 is 0.800 bits per heavy atom. The molecular formula is C24H34O. The lowest BCUT2D eigenvalue weighted by molar-refractivity contribution is 0.398. The average Bonchev–Trinajstić information content (AvgIpc) is 2.97. The lowest BCUT2D eigenvalue weighted by Crippen LogP contribution is -2.00. The van der Waals surface area contributed by atoms with E-state index in [4.69, 9.17) is 4.42 Å². The van der Waals surface area contributed by atoms with Crippen LogP contribution in [0.3, 0.4) is 0 Å². The highest BCUT2D eigenvalue weighted by molar-refractivity contribution is 6.06. The fourth-order valence-electron chi connectivity index (χ4n) is 2.10. The van der Waals surface area contributed by atoms with Gasteiger partial charge in [0.15, 0.2) is 0 Å². The molecule has 0 spiro atoms. The standard InChI is InChI=1S/C14H12O.C6H14.C4H8/c1-9-5-3-7-11-12-8-4-6-10(2)14(12)15-13(9)11;1-5-6(2,3)4;1-3-4-2/h3-8H,1-2H3;5H2,1-4H3;3-4H,1-2H3/b;;4-3-. The van der Waals surface area contributed by atoms with Crippen molar-refractivity contribution in [1.29, 1.82) is 0 Å². The van der Waals surface area contributed by atoms with E-state index in [0.29, 0.717) is 5.41 Å². The summed E-state index contributed by atoms with van der Waals surface area (Å²) in [5.74, 6) is 0. The Balaban J connectivity index is 0.000000263. The summed E-state index contributed by atoms with van der Waals surface area (Å²) in [5, 5.41) is 2.43. The van der Waals surface area contributed by atoms with Gasteiger partial charge in [0.25, 0.3) is 0 Å². The molecule has 0 saturated carbocycles. The third-order valence-electron chi connectivity index (χ3n) is 4.31. The minimum Gasteiger partial charge on any atom is -0.456 e. The lowest BCUT2D eigenvalue weighted by Gasteiger charge is -2.12. The Hall–Kier alpha value is -2.02. The van der Waals surface area contributed by atoms with Gasteiger partial charge in [-0.05, 0) is 44.2 Å². The molecule has 0 atom stereocenters. The highest BCUT2D eigenvalue weighted by atomic mass is 16.3. The quantitative estimate of drug-likeness (QED) is 0.376. The molecule has 25 heavy (non-hydrogen) atoms. The highest BCUT2D eigenvalue weighted by Gasteiger charge is 2.09. The molecule has 1 heterocycles. The number of fused-ring (bicyclic) bond motifs is 3. The summed E-state index contributed by atoms with van der Waals surface area (Å²) in [7, 11) is 0. The zero-order valence-corrected chi connectivity index (χ0v) is 17.2. The van der Waals surface area contributed by atoms with Gasteiger partial charge in [-0.25, -0.2) is 0 Å². The number of para-hydroxylation sites is 2. The van der Waals surface area contributed by atoms with E-state index < -0.39 is 0 Å². The Morgan fingerprint density at radius 2 is 1.16 bits per heavy atom. The van der Waals surface area contributed by atoms with Crippen LogP contribution < -0.4 is 0 Å². The fraction of sp³-hybridized carbons (Fsp3) is 0.417. The maximum Gasteiger partial charge on any atom is 0.138 e. The van der Waals surface area contributed by atoms with Crippen LogP contribution in [-0.4, -0.2) is 0 Å². The van der Waals surface area contributed by atoms with Crippen molar-refractivity contribution in [1.82, 2.24) is 0 Å². The maximum atomic E-state index is 5.91. The second-order valence-electron chi connectivity index (χ2n) is 7.59. The van der Waals surface area contributed by atoms with E-state index in [1.165, 1.54) is 28.3 Å². The number of allylic oxidation sites excluding steroid dienone is 2. The predicted molar refractivity (Wildman–Crippen MR) is 113 cm³/mol. The van der Waals surface area contributed by atoms with Gasteiger partial charge in [0, 0.05) is 10.8 Å². The summed E-state index contributed by atoms with van der Waals surface area (Å²) < 4.78 is 5.91. The Bertz CT molecular complexity index is 753. The number of benzene rings is 2. The number of rotatable bonds is 0. The molecule has 3 rings (SSSR count). The topological polar surface area (TPSA) is 13.1 Å². The van der Waals surface area contributed by atoms with Gasteiger partial charge in [-0.3, -0.25) is 0 Å². The first-order valence-corrected chi connectivity index (χ1v) is 9.19. The van der Waals surface area contributed by atoms with E-state index in [1.54, 1.807) is 0 Å². The van der Waals surface area contributed by atoms with Crippen LogP contribution >= 0.6 is 0 Å². The smallest absolute Gasteiger partial charge is 0.138 e. The summed E-state index contributed by atoms with van der Waals surface area (Å²) >= 11 is 0. The van der Waals surface area contributed by atoms with E-state index in [0.717, 1.165) is 11.2 Å². The molecular weight excluding hydrogens is 304 g/mol. The van der Waals surface area contributed by atoms with E-state index in [2.05, 4.69) is 77.9 Å². The van der Waals surface area contributed by atoms with Crippen molar-refractivity contribution in [3.05, 3.63) is 59.7 Å². The lowest BCUT2D eigenvalue weighted by atomic mass is 9.94. The third-order valence-corrected chi connectivity index (χ3v) is 4.31. The Labute approximate surface area is 153 Å². The first kappa shape index (κ1) is 21.0. The molecule has 0 aliphatic carbocycles. The van der Waals surface area contributed by atoms with Crippen molar-refractivity contribution in [2.45, 2.75) is 61.8 Å². The van der Waals surface area contributed by atoms with Crippen molar-refractivity contribution < 1.29 is 4.42 Å². The van der Waals surface area contributed by atoms with Gasteiger partial charge in [-0.15, -0.1) is 0 Å². The second kappa shape index (κ2) is 9.46. The molecule has 1 heteroatoms. The monoisotopic (exact) mass is 338 g/mol. The van der Waals surface area contributed by atoms with Crippen LogP contribution in [-0.2, 0) is 0 Å². The van der Waals surface area contributed by atoms with Crippen LogP contribution in [0.25, 0.3) is 21.9 Å². The van der Waals surface area contributed by atoms with Crippen LogP contribution in [0.4, 0.5) is 0 Å². The van der Waals surface area contributed by atoms with Crippen molar-refractivity contribution in [3.63, 3.8) is 0 Å². The molecule has 1 aromatic heterocycles. The van der Waals surface area contributed by atoms with Gasteiger partial charge in [-0.1, -0.05) is 82.7 Å². The molecule has 0 unspecified atom stereocenters. The first-order chi connectivity index (χ1) is 11.7. The molecule has 0 saturated heterocycles. The van der Waals surface area contributed by atoms with Gasteiger partial charge in [0.2, 0.25) is 0 Å². The van der Waals surface area contributed by atoms with E-state index in [1.807, 2.05) is 26.0 Å². The third kappa shape index (κ3) is 6.08. The van der Waals surface area contributed by atoms with Crippen LogP contribution in [0.15, 0.2) is 53.0 Å². The number of hydrogen-bond donors (Lipinski definition) is 0. The zero-order chi connectivity index (χ0) is 19.0. The SMILES string of the molecule is C/C=C\C.CCC(C)(C)C.Cc1cccc2c1oc1c(C)cccc12. The molecule has 0 aliphatic heterocycles. The van der Waals surface area contributed by atoms with Gasteiger partial charge in [-0.2, -0.15) is 0 Å². The highest BCUT2D eigenvalue weighted by Crippen LogP contribution is 2.31. The minimum absolute atomic E-state index is 0.542. The van der Waals surface area contributed by atoms with Crippen molar-refractivity contribution in [2.24, 2.45) is 5.41 Å². The van der Waals surface area contributed by atoms with Crippen LogP contribution in [0.5, 0.6) is 0 Å². The molecule has 3 aromatic rings. The van der Waals surface area contributed by atoms with Gasteiger partial charge in [0.1, 0.15) is 11.2 Å². The maximum absolute atomic E-state index is 5.91. The number of aryl methyl sites for hydroxylation is 2. The summed E-state index contributed by atoms with van der Waals surface area (Å²) in [4.78, 5) is 0. The van der Waals surface area contributed by atoms with E-state index in [-0.39, 0.29) is 0 Å². The Morgan fingerprint density at radius 3 is 1.44 bits per heavy atom. The molecule has 0 radical (unpaired) electrons. The molecule has 0 bridgehead atoms. The molecule has 0 aliphatic rings. The average molecular weight is 339 g/mol. The van der Waals surface area contributed by atoms with Gasteiger partial charge >= 0.3 is 0 Å². The molecule has 1 nitrogen and oxygen atoms in total. The normalized spacial score (nSPS) is 11.2. The van der Waals surface area contributed by atoms with Gasteiger partial charge < -0.3 is 4.42 Å². The zero-order valence-electron chi connectivity index (χ0n) is 17.2. The molecule has 0 amide bonds. The molecule has 0 N–H and O–H groups in total. The summed E-state index contributed by atoms with van der Waals surface area (Å²) in [6.07, 6.45) is 5.27. The first-order valence-electron chi connectivity index (χ1n) is 9.19. The van der Waals surface area contributed by atoms with Crippen LogP contribution in [0, 0.1) is 19.3 Å². The summed E-state index contributed by atoms with van der Waals surface area (Å²) in [6.45, 7) is 17.1. The Kier molecular flexibility index (Phi) is 7.96. The summed E-state index contributed by atoms with van der Waals surface area (Å²) in [6, 6.07) is 12.6. The second-order valence-corrected chi connectivity index (χ2v) is 7.59. The minimum atomic E-state index is 0.542. The predicted octanol–water partition coefficient (Wildman–Crippen LogP) is 8.23. The van der Waals surface area contributed by atoms with Crippen LogP contribution in [0.1, 0.15) is 59.1 Å². The number of hydrogen-bond acceptors (Lipinski definition) is 1. The van der Waals surface area contributed by atoms with Crippen molar-refractivity contribution in [2.75, 3.05) is 0 Å². The molecule has 136 valence electrons. The van der Waals surface area contributed by atoms with E-state index >= 15 is 0 Å². The van der Waals surface area contributed by atoms with Crippen molar-refractivity contribution in [3.8, 4) is 0 Å². The molecule has 0 fully saturated rings. The van der Waals surface area contributed by atoms with Crippen molar-refractivity contribution >= 4 is 21.9 Å². The summed E-state index contributed by atoms with van der Waals surface area (Å²) in [5.41, 5.74) is 4.97. The number of furan rings is 1. The van der Waals surface area contributed by atoms with Crippen LogP contribution in [0.2, 0.25) is 0 Å². The van der Waals surface area contributed by atoms with E-state index in [9.17, 15) is 0 Å². The largest absolute Gasteiger partial charge is 0.456 e.